The van der Waals surface area contributed by atoms with Crippen molar-refractivity contribution in [3.8, 4) is 0 Å². The number of hydrogen-bond donors (Lipinski definition) is 2. The van der Waals surface area contributed by atoms with E-state index in [4.69, 9.17) is 0 Å². The van der Waals surface area contributed by atoms with E-state index in [9.17, 15) is 9.59 Å². The standard InChI is InChI=1S/C27H30N4O2/c1-20(2)21-8-10-23(11-9-21)28-27(33)29-24-12-14-25(15-13-24)30-16-18-31(19-17-30)26(32)22-6-4-3-5-7-22/h3-15,20H,16-19H2,1-2H3,(H2,28,29,33). The molecule has 1 aliphatic heterocycles. The molecule has 0 radical (unpaired) electrons. The molecule has 0 unspecified atom stereocenters. The smallest absolute Gasteiger partial charge is 0.323 e. The van der Waals surface area contributed by atoms with Crippen molar-refractivity contribution in [3.05, 3.63) is 90.0 Å². The maximum absolute atomic E-state index is 12.6. The summed E-state index contributed by atoms with van der Waals surface area (Å²) in [6.07, 6.45) is 0. The summed E-state index contributed by atoms with van der Waals surface area (Å²) < 4.78 is 0. The number of piperazine rings is 1. The van der Waals surface area contributed by atoms with Gasteiger partial charge in [-0.15, -0.1) is 0 Å². The molecule has 0 aromatic heterocycles. The van der Waals surface area contributed by atoms with Crippen molar-refractivity contribution < 1.29 is 9.59 Å². The van der Waals surface area contributed by atoms with Crippen LogP contribution in [0.4, 0.5) is 21.9 Å². The summed E-state index contributed by atoms with van der Waals surface area (Å²) in [5.74, 6) is 0.540. The summed E-state index contributed by atoms with van der Waals surface area (Å²) >= 11 is 0. The topological polar surface area (TPSA) is 64.7 Å². The van der Waals surface area contributed by atoms with Gasteiger partial charge in [0.2, 0.25) is 0 Å². The Balaban J connectivity index is 1.28. The van der Waals surface area contributed by atoms with Crippen LogP contribution < -0.4 is 15.5 Å². The van der Waals surface area contributed by atoms with Crippen molar-refractivity contribution >= 4 is 29.0 Å². The van der Waals surface area contributed by atoms with Gasteiger partial charge in [0.1, 0.15) is 0 Å². The Morgan fingerprint density at radius 3 is 1.82 bits per heavy atom. The fourth-order valence-electron chi connectivity index (χ4n) is 3.93. The highest BCUT2D eigenvalue weighted by Crippen LogP contribution is 2.21. The van der Waals surface area contributed by atoms with Gasteiger partial charge < -0.3 is 20.4 Å². The van der Waals surface area contributed by atoms with Crippen molar-refractivity contribution in [1.82, 2.24) is 4.90 Å². The largest absolute Gasteiger partial charge is 0.368 e. The Labute approximate surface area is 195 Å². The lowest BCUT2D eigenvalue weighted by Crippen LogP contribution is -2.48. The molecular formula is C27H30N4O2. The Morgan fingerprint density at radius 1 is 0.727 bits per heavy atom. The van der Waals surface area contributed by atoms with E-state index in [1.165, 1.54) is 5.56 Å². The van der Waals surface area contributed by atoms with E-state index < -0.39 is 0 Å². The summed E-state index contributed by atoms with van der Waals surface area (Å²) in [5.41, 5.74) is 4.54. The summed E-state index contributed by atoms with van der Waals surface area (Å²) in [6.45, 7) is 7.21. The van der Waals surface area contributed by atoms with Crippen molar-refractivity contribution in [3.63, 3.8) is 0 Å². The monoisotopic (exact) mass is 442 g/mol. The second-order valence-electron chi connectivity index (χ2n) is 8.55. The molecule has 0 bridgehead atoms. The highest BCUT2D eigenvalue weighted by Gasteiger charge is 2.22. The first-order chi connectivity index (χ1) is 16.0. The van der Waals surface area contributed by atoms with Gasteiger partial charge >= 0.3 is 6.03 Å². The van der Waals surface area contributed by atoms with E-state index in [0.717, 1.165) is 35.7 Å². The van der Waals surface area contributed by atoms with Crippen molar-refractivity contribution in [1.29, 1.82) is 0 Å². The molecule has 0 saturated carbocycles. The van der Waals surface area contributed by atoms with Gasteiger partial charge in [-0.3, -0.25) is 4.79 Å². The van der Waals surface area contributed by atoms with Gasteiger partial charge in [0.05, 0.1) is 0 Å². The first-order valence-corrected chi connectivity index (χ1v) is 11.4. The molecule has 3 aromatic rings. The lowest BCUT2D eigenvalue weighted by molar-refractivity contribution is 0.0747. The highest BCUT2D eigenvalue weighted by molar-refractivity contribution is 5.99. The highest BCUT2D eigenvalue weighted by atomic mass is 16.2. The van der Waals surface area contributed by atoms with E-state index >= 15 is 0 Å². The first-order valence-electron chi connectivity index (χ1n) is 11.4. The zero-order chi connectivity index (χ0) is 23.2. The third-order valence-corrected chi connectivity index (χ3v) is 5.91. The number of anilines is 3. The van der Waals surface area contributed by atoms with Gasteiger partial charge in [-0.2, -0.15) is 0 Å². The zero-order valence-corrected chi connectivity index (χ0v) is 19.1. The molecule has 1 aliphatic rings. The molecule has 2 N–H and O–H groups in total. The van der Waals surface area contributed by atoms with E-state index in [2.05, 4.69) is 29.4 Å². The van der Waals surface area contributed by atoms with Crippen LogP contribution in [0.25, 0.3) is 0 Å². The van der Waals surface area contributed by atoms with Gasteiger partial charge in [-0.1, -0.05) is 44.2 Å². The molecule has 0 aliphatic carbocycles. The van der Waals surface area contributed by atoms with Gasteiger partial charge in [0, 0.05) is 48.8 Å². The summed E-state index contributed by atoms with van der Waals surface area (Å²) in [7, 11) is 0. The maximum Gasteiger partial charge on any atom is 0.323 e. The lowest BCUT2D eigenvalue weighted by atomic mass is 10.0. The Bertz CT molecular complexity index is 1070. The molecule has 4 rings (SSSR count). The fourth-order valence-corrected chi connectivity index (χ4v) is 3.93. The molecule has 1 heterocycles. The number of amides is 3. The van der Waals surface area contributed by atoms with Crippen LogP contribution in [-0.4, -0.2) is 43.0 Å². The van der Waals surface area contributed by atoms with Crippen LogP contribution in [0, 0.1) is 0 Å². The second-order valence-corrected chi connectivity index (χ2v) is 8.55. The summed E-state index contributed by atoms with van der Waals surface area (Å²) in [4.78, 5) is 29.1. The number of nitrogens with one attached hydrogen (secondary N) is 2. The van der Waals surface area contributed by atoms with E-state index in [-0.39, 0.29) is 11.9 Å². The molecule has 0 spiro atoms. The maximum atomic E-state index is 12.6. The van der Waals surface area contributed by atoms with Crippen LogP contribution in [0.3, 0.4) is 0 Å². The Morgan fingerprint density at radius 2 is 1.27 bits per heavy atom. The molecule has 0 atom stereocenters. The number of carbonyl (C=O) groups is 2. The number of benzene rings is 3. The lowest BCUT2D eigenvalue weighted by Gasteiger charge is -2.36. The van der Waals surface area contributed by atoms with Crippen LogP contribution in [0.1, 0.15) is 35.7 Å². The third kappa shape index (κ3) is 5.71. The van der Waals surface area contributed by atoms with Crippen molar-refractivity contribution in [2.24, 2.45) is 0 Å². The molecule has 3 amide bonds. The van der Waals surface area contributed by atoms with E-state index in [1.807, 2.05) is 83.8 Å². The molecule has 170 valence electrons. The molecule has 6 heteroatoms. The van der Waals surface area contributed by atoms with Gasteiger partial charge in [0.15, 0.2) is 0 Å². The summed E-state index contributed by atoms with van der Waals surface area (Å²) in [5, 5.41) is 5.74. The molecule has 1 saturated heterocycles. The van der Waals surface area contributed by atoms with Gasteiger partial charge in [-0.05, 0) is 60.0 Å². The molecule has 6 nitrogen and oxygen atoms in total. The first kappa shape index (κ1) is 22.4. The quantitative estimate of drug-likeness (QED) is 0.555. The number of urea groups is 1. The zero-order valence-electron chi connectivity index (χ0n) is 19.1. The molecule has 3 aromatic carbocycles. The van der Waals surface area contributed by atoms with Crippen LogP contribution in [0.2, 0.25) is 0 Å². The summed E-state index contributed by atoms with van der Waals surface area (Å²) in [6, 6.07) is 24.8. The molecule has 33 heavy (non-hydrogen) atoms. The Hall–Kier alpha value is -3.80. The number of carbonyl (C=O) groups excluding carboxylic acids is 2. The fraction of sp³-hybridized carbons (Fsp3) is 0.259. The second kappa shape index (κ2) is 10.2. The van der Waals surface area contributed by atoms with E-state index in [1.54, 1.807) is 0 Å². The van der Waals surface area contributed by atoms with Gasteiger partial charge in [-0.25, -0.2) is 4.79 Å². The van der Waals surface area contributed by atoms with Crippen molar-refractivity contribution in [2.45, 2.75) is 19.8 Å². The SMILES string of the molecule is CC(C)c1ccc(NC(=O)Nc2ccc(N3CCN(C(=O)c4ccccc4)CC3)cc2)cc1. The predicted octanol–water partition coefficient (Wildman–Crippen LogP) is 5.42. The van der Waals surface area contributed by atoms with Crippen LogP contribution in [0.15, 0.2) is 78.9 Å². The minimum absolute atomic E-state index is 0.0830. The number of nitrogens with zero attached hydrogens (tertiary/aromatic N) is 2. The number of hydrogen-bond acceptors (Lipinski definition) is 3. The van der Waals surface area contributed by atoms with Crippen LogP contribution in [0.5, 0.6) is 0 Å². The van der Waals surface area contributed by atoms with E-state index in [0.29, 0.717) is 19.0 Å². The Kier molecular flexibility index (Phi) is 6.93. The minimum Gasteiger partial charge on any atom is -0.368 e. The van der Waals surface area contributed by atoms with Crippen LogP contribution >= 0.6 is 0 Å². The predicted molar refractivity (Wildman–Crippen MR) is 134 cm³/mol. The van der Waals surface area contributed by atoms with Crippen LogP contribution in [-0.2, 0) is 0 Å². The van der Waals surface area contributed by atoms with Gasteiger partial charge in [0.25, 0.3) is 5.91 Å². The molecule has 1 fully saturated rings. The number of rotatable bonds is 5. The molecular weight excluding hydrogens is 412 g/mol. The average molecular weight is 443 g/mol. The normalized spacial score (nSPS) is 13.7. The van der Waals surface area contributed by atoms with Crippen molar-refractivity contribution in [2.75, 3.05) is 41.7 Å². The third-order valence-electron chi connectivity index (χ3n) is 5.91. The minimum atomic E-state index is -0.270. The average Bonchev–Trinajstić information content (AvgIpc) is 2.85.